The monoisotopic (exact) mass is 317 g/mol. The number of alkyl halides is 1. The molecule has 0 spiro atoms. The van der Waals surface area contributed by atoms with Gasteiger partial charge in [-0.25, -0.2) is 0 Å². The molecule has 0 saturated carbocycles. The fourth-order valence-electron chi connectivity index (χ4n) is 2.10. The minimum absolute atomic E-state index is 0.0624. The molecule has 1 atom stereocenters. The molecule has 0 aromatic heterocycles. The highest BCUT2D eigenvalue weighted by Gasteiger charge is 2.29. The van der Waals surface area contributed by atoms with E-state index in [-0.39, 0.29) is 17.7 Å². The maximum atomic E-state index is 12.3. The third-order valence-corrected chi connectivity index (χ3v) is 4.07. The predicted molar refractivity (Wildman–Crippen MR) is 71.0 cm³/mol. The molecule has 1 aromatic rings. The molecule has 1 heterocycles. The van der Waals surface area contributed by atoms with Crippen LogP contribution < -0.4 is 0 Å². The third-order valence-electron chi connectivity index (χ3n) is 3.00. The van der Waals surface area contributed by atoms with Crippen molar-refractivity contribution in [2.45, 2.75) is 18.9 Å². The van der Waals surface area contributed by atoms with Crippen molar-refractivity contribution in [3.05, 3.63) is 28.8 Å². The van der Waals surface area contributed by atoms with Crippen LogP contribution in [0.1, 0.15) is 23.2 Å². The van der Waals surface area contributed by atoms with Crippen LogP contribution in [-0.4, -0.2) is 33.8 Å². The van der Waals surface area contributed by atoms with Gasteiger partial charge in [0.25, 0.3) is 5.91 Å². The quantitative estimate of drug-likeness (QED) is 0.852. The van der Waals surface area contributed by atoms with E-state index < -0.39 is 0 Å². The Labute approximate surface area is 114 Å². The maximum Gasteiger partial charge on any atom is 0.255 e. The molecule has 92 valence electrons. The highest BCUT2D eigenvalue weighted by molar-refractivity contribution is 9.09. The Bertz CT molecular complexity index is 439. The molecule has 1 N–H and O–H groups in total. The van der Waals surface area contributed by atoms with Gasteiger partial charge in [0, 0.05) is 17.9 Å². The van der Waals surface area contributed by atoms with Crippen molar-refractivity contribution in [2.75, 3.05) is 11.9 Å². The lowest BCUT2D eigenvalue weighted by Crippen LogP contribution is -2.36. The average molecular weight is 319 g/mol. The summed E-state index contributed by atoms with van der Waals surface area (Å²) in [7, 11) is 0. The van der Waals surface area contributed by atoms with Gasteiger partial charge in [0.1, 0.15) is 5.75 Å². The second-order valence-corrected chi connectivity index (χ2v) is 5.17. The number of amides is 1. The number of likely N-dealkylation sites (tertiary alicyclic amines) is 1. The minimum atomic E-state index is -0.104. The van der Waals surface area contributed by atoms with Gasteiger partial charge in [-0.15, -0.1) is 0 Å². The number of aromatic hydroxyl groups is 1. The molecular weight excluding hydrogens is 305 g/mol. The molecular formula is C12H13BrClNO2. The first kappa shape index (κ1) is 12.7. The van der Waals surface area contributed by atoms with Gasteiger partial charge in [0.2, 0.25) is 0 Å². The van der Waals surface area contributed by atoms with E-state index in [2.05, 4.69) is 15.9 Å². The number of benzene rings is 1. The summed E-state index contributed by atoms with van der Waals surface area (Å²) in [5, 5.41) is 10.6. The summed E-state index contributed by atoms with van der Waals surface area (Å²) in [4.78, 5) is 14.1. The fraction of sp³-hybridized carbons (Fsp3) is 0.417. The third kappa shape index (κ3) is 2.58. The number of phenols is 1. The summed E-state index contributed by atoms with van der Waals surface area (Å²) < 4.78 is 0. The van der Waals surface area contributed by atoms with Gasteiger partial charge < -0.3 is 10.0 Å². The molecule has 1 aliphatic heterocycles. The Hall–Kier alpha value is -0.740. The van der Waals surface area contributed by atoms with Crippen LogP contribution in [0.3, 0.4) is 0 Å². The Morgan fingerprint density at radius 1 is 1.59 bits per heavy atom. The van der Waals surface area contributed by atoms with Crippen LogP contribution >= 0.6 is 27.5 Å². The number of hydrogen-bond acceptors (Lipinski definition) is 2. The first-order chi connectivity index (χ1) is 8.13. The van der Waals surface area contributed by atoms with E-state index in [4.69, 9.17) is 11.6 Å². The molecule has 1 amide bonds. The van der Waals surface area contributed by atoms with E-state index in [1.165, 1.54) is 12.1 Å². The summed E-state index contributed by atoms with van der Waals surface area (Å²) in [5.74, 6) is -0.0415. The molecule has 1 aromatic carbocycles. The van der Waals surface area contributed by atoms with Crippen molar-refractivity contribution in [1.82, 2.24) is 4.90 Å². The van der Waals surface area contributed by atoms with Crippen LogP contribution in [0.15, 0.2) is 18.2 Å². The molecule has 0 aliphatic carbocycles. The van der Waals surface area contributed by atoms with Crippen molar-refractivity contribution in [3.8, 4) is 5.75 Å². The number of carbonyl (C=O) groups is 1. The Kier molecular flexibility index (Phi) is 3.94. The molecule has 1 saturated heterocycles. The summed E-state index contributed by atoms with van der Waals surface area (Å²) in [6.07, 6.45) is 2.02. The maximum absolute atomic E-state index is 12.3. The smallest absolute Gasteiger partial charge is 0.255 e. The van der Waals surface area contributed by atoms with Crippen LogP contribution in [-0.2, 0) is 0 Å². The number of phenolic OH excluding ortho intramolecular Hbond substituents is 1. The van der Waals surface area contributed by atoms with Gasteiger partial charge in [0.05, 0.1) is 10.6 Å². The Balaban J connectivity index is 2.27. The van der Waals surface area contributed by atoms with E-state index >= 15 is 0 Å². The van der Waals surface area contributed by atoms with Crippen LogP contribution in [0.5, 0.6) is 5.75 Å². The zero-order valence-corrected chi connectivity index (χ0v) is 11.5. The molecule has 17 heavy (non-hydrogen) atoms. The van der Waals surface area contributed by atoms with E-state index in [9.17, 15) is 9.90 Å². The lowest BCUT2D eigenvalue weighted by Gasteiger charge is -2.23. The standard InChI is InChI=1S/C12H13BrClNO2/c13-7-8-2-1-5-15(8)12(17)10-6-9(16)3-4-11(10)14/h3-4,6,8,16H,1-2,5,7H2. The van der Waals surface area contributed by atoms with Gasteiger partial charge in [-0.2, -0.15) is 0 Å². The van der Waals surface area contributed by atoms with Gasteiger partial charge in [-0.05, 0) is 31.0 Å². The van der Waals surface area contributed by atoms with E-state index in [1.54, 1.807) is 6.07 Å². The Morgan fingerprint density at radius 2 is 2.35 bits per heavy atom. The molecule has 0 radical (unpaired) electrons. The van der Waals surface area contributed by atoms with Crippen molar-refractivity contribution in [2.24, 2.45) is 0 Å². The van der Waals surface area contributed by atoms with E-state index in [0.29, 0.717) is 10.6 Å². The molecule has 3 nitrogen and oxygen atoms in total. The first-order valence-electron chi connectivity index (χ1n) is 5.49. The number of nitrogens with zero attached hydrogens (tertiary/aromatic N) is 1. The van der Waals surface area contributed by atoms with Crippen molar-refractivity contribution < 1.29 is 9.90 Å². The second-order valence-electron chi connectivity index (χ2n) is 4.11. The number of carbonyl (C=O) groups excluding carboxylic acids is 1. The molecule has 5 heteroatoms. The van der Waals surface area contributed by atoms with Gasteiger partial charge >= 0.3 is 0 Å². The molecule has 2 rings (SSSR count). The van der Waals surface area contributed by atoms with E-state index in [1.807, 2.05) is 4.90 Å². The van der Waals surface area contributed by atoms with Gasteiger partial charge in [-0.1, -0.05) is 27.5 Å². The van der Waals surface area contributed by atoms with Crippen LogP contribution in [0, 0.1) is 0 Å². The van der Waals surface area contributed by atoms with Gasteiger partial charge in [0.15, 0.2) is 0 Å². The van der Waals surface area contributed by atoms with Crippen LogP contribution in [0.25, 0.3) is 0 Å². The summed E-state index contributed by atoms with van der Waals surface area (Å²) >= 11 is 9.40. The summed E-state index contributed by atoms with van der Waals surface area (Å²) in [6.45, 7) is 0.751. The van der Waals surface area contributed by atoms with Crippen molar-refractivity contribution in [1.29, 1.82) is 0 Å². The Morgan fingerprint density at radius 3 is 3.06 bits per heavy atom. The second kappa shape index (κ2) is 5.27. The SMILES string of the molecule is O=C(c1cc(O)ccc1Cl)N1CCCC1CBr. The highest BCUT2D eigenvalue weighted by atomic mass is 79.9. The zero-order chi connectivity index (χ0) is 12.4. The zero-order valence-electron chi connectivity index (χ0n) is 9.20. The molecule has 1 fully saturated rings. The number of hydrogen-bond donors (Lipinski definition) is 1. The summed E-state index contributed by atoms with van der Waals surface area (Å²) in [5.41, 5.74) is 0.375. The van der Waals surface area contributed by atoms with Crippen molar-refractivity contribution >= 4 is 33.4 Å². The fourth-order valence-corrected chi connectivity index (χ4v) is 2.97. The highest BCUT2D eigenvalue weighted by Crippen LogP contribution is 2.27. The lowest BCUT2D eigenvalue weighted by atomic mass is 10.1. The molecule has 1 aliphatic rings. The van der Waals surface area contributed by atoms with Gasteiger partial charge in [-0.3, -0.25) is 4.79 Å². The first-order valence-corrected chi connectivity index (χ1v) is 6.99. The predicted octanol–water partition coefficient (Wildman–Crippen LogP) is 3.05. The molecule has 0 bridgehead atoms. The topological polar surface area (TPSA) is 40.5 Å². The molecule has 1 unspecified atom stereocenters. The van der Waals surface area contributed by atoms with Crippen LogP contribution in [0.2, 0.25) is 5.02 Å². The van der Waals surface area contributed by atoms with E-state index in [0.717, 1.165) is 24.7 Å². The minimum Gasteiger partial charge on any atom is -0.508 e. The lowest BCUT2D eigenvalue weighted by molar-refractivity contribution is 0.0750. The largest absolute Gasteiger partial charge is 0.508 e. The van der Waals surface area contributed by atoms with Crippen LogP contribution in [0.4, 0.5) is 0 Å². The number of halogens is 2. The summed E-state index contributed by atoms with van der Waals surface area (Å²) in [6, 6.07) is 4.67. The average Bonchev–Trinajstić information content (AvgIpc) is 2.79. The number of rotatable bonds is 2. The van der Waals surface area contributed by atoms with Crippen molar-refractivity contribution in [3.63, 3.8) is 0 Å². The normalized spacial score (nSPS) is 19.6.